The summed E-state index contributed by atoms with van der Waals surface area (Å²) < 4.78 is 26.7. The van der Waals surface area contributed by atoms with E-state index in [1.807, 2.05) is 4.72 Å². The number of nitrogens with zero attached hydrogens (tertiary/aromatic N) is 1. The lowest BCUT2D eigenvalue weighted by molar-refractivity contribution is -0.105. The summed E-state index contributed by atoms with van der Waals surface area (Å²) in [5, 5.41) is 8.35. The van der Waals surface area contributed by atoms with Crippen LogP contribution in [0.15, 0.2) is 58.8 Å². The van der Waals surface area contributed by atoms with Crippen LogP contribution in [0.4, 0.5) is 27.5 Å². The first kappa shape index (κ1) is 26.5. The number of hydrogen-bond donors (Lipinski definition) is 4. The highest BCUT2D eigenvalue weighted by molar-refractivity contribution is 7.92. The zero-order valence-corrected chi connectivity index (χ0v) is 22.0. The van der Waals surface area contributed by atoms with E-state index in [4.69, 9.17) is 11.6 Å². The van der Waals surface area contributed by atoms with Crippen molar-refractivity contribution in [2.24, 2.45) is 5.92 Å². The molecule has 0 saturated heterocycles. The average molecular weight is 562 g/mol. The minimum Gasteiger partial charge on any atom is -0.385 e. The van der Waals surface area contributed by atoms with E-state index in [0.29, 0.717) is 35.0 Å². The molecule has 1 heterocycles. The fraction of sp³-hybridized carbons (Fsp3) is 0.208. The molecule has 4 N–H and O–H groups in total. The van der Waals surface area contributed by atoms with E-state index in [1.165, 1.54) is 42.0 Å². The molecule has 0 unspecified atom stereocenters. The molecule has 1 fully saturated rings. The maximum absolute atomic E-state index is 13.2. The van der Waals surface area contributed by atoms with Gasteiger partial charge in [0, 0.05) is 30.7 Å². The quantitative estimate of drug-likeness (QED) is 0.267. The maximum atomic E-state index is 13.2. The minimum atomic E-state index is -4.06. The number of anilines is 4. The lowest BCUT2D eigenvalue weighted by Crippen LogP contribution is -2.34. The van der Waals surface area contributed by atoms with Crippen LogP contribution in [-0.4, -0.2) is 40.4 Å². The Bertz CT molecular complexity index is 1420. The van der Waals surface area contributed by atoms with Gasteiger partial charge in [-0.05, 0) is 73.4 Å². The zero-order valence-electron chi connectivity index (χ0n) is 19.7. The van der Waals surface area contributed by atoms with Gasteiger partial charge in [-0.1, -0.05) is 11.6 Å². The SMILES string of the molecule is CN(C(=O)c1ccc(NCC2CC2)cc1NC=O)c1ccc(NC(=O)NS(=O)(=O)c2ccc(Cl)s2)cc1. The molecule has 1 saturated carbocycles. The molecular formula is C24H24ClN5O5S2. The minimum absolute atomic E-state index is 0.0849. The van der Waals surface area contributed by atoms with Crippen LogP contribution in [0.3, 0.4) is 0 Å². The molecule has 0 radical (unpaired) electrons. The number of sulfonamides is 1. The standard InChI is InChI=1S/C24H24ClN5O5S2/c1-30(23(32)19-9-6-17(12-20(19)27-14-31)26-13-15-2-3-15)18-7-4-16(5-8-18)28-24(33)29-37(34,35)22-11-10-21(25)36-22/h4-12,14-15,26H,2-3,13H2,1H3,(H,27,31)(H2,28,29,33). The van der Waals surface area contributed by atoms with Gasteiger partial charge in [-0.15, -0.1) is 11.3 Å². The summed E-state index contributed by atoms with van der Waals surface area (Å²) in [5.41, 5.74) is 2.34. The Balaban J connectivity index is 1.41. The van der Waals surface area contributed by atoms with Crippen molar-refractivity contribution in [2.75, 3.05) is 34.4 Å². The zero-order chi connectivity index (χ0) is 26.6. The van der Waals surface area contributed by atoms with Crippen LogP contribution in [-0.2, 0) is 14.8 Å². The molecule has 10 nitrogen and oxygen atoms in total. The summed E-state index contributed by atoms with van der Waals surface area (Å²) >= 11 is 6.60. The molecule has 13 heteroatoms. The third-order valence-electron chi connectivity index (χ3n) is 5.61. The number of carbonyl (C=O) groups is 3. The monoisotopic (exact) mass is 561 g/mol. The molecule has 0 spiro atoms. The predicted octanol–water partition coefficient (Wildman–Crippen LogP) is 4.58. The van der Waals surface area contributed by atoms with Gasteiger partial charge in [0.25, 0.3) is 15.9 Å². The summed E-state index contributed by atoms with van der Waals surface area (Å²) in [7, 11) is -2.47. The molecule has 1 aliphatic rings. The Morgan fingerprint density at radius 3 is 2.41 bits per heavy atom. The lowest BCUT2D eigenvalue weighted by atomic mass is 10.1. The molecular weight excluding hydrogens is 538 g/mol. The number of hydrogen-bond acceptors (Lipinski definition) is 7. The van der Waals surface area contributed by atoms with Crippen LogP contribution < -0.4 is 25.6 Å². The van der Waals surface area contributed by atoms with Crippen molar-refractivity contribution in [1.29, 1.82) is 0 Å². The van der Waals surface area contributed by atoms with Gasteiger partial charge in [0.2, 0.25) is 6.41 Å². The number of nitrogens with one attached hydrogen (secondary N) is 4. The normalized spacial score (nSPS) is 12.9. The van der Waals surface area contributed by atoms with E-state index in [0.717, 1.165) is 23.6 Å². The first-order valence-electron chi connectivity index (χ1n) is 11.2. The predicted molar refractivity (Wildman–Crippen MR) is 145 cm³/mol. The fourth-order valence-electron chi connectivity index (χ4n) is 3.45. The molecule has 37 heavy (non-hydrogen) atoms. The van der Waals surface area contributed by atoms with E-state index in [2.05, 4.69) is 16.0 Å². The summed E-state index contributed by atoms with van der Waals surface area (Å²) in [6, 6.07) is 13.2. The topological polar surface area (TPSA) is 137 Å². The maximum Gasteiger partial charge on any atom is 0.333 e. The molecule has 3 aromatic rings. The highest BCUT2D eigenvalue weighted by Gasteiger charge is 2.22. The first-order chi connectivity index (χ1) is 17.7. The van der Waals surface area contributed by atoms with Crippen molar-refractivity contribution >= 4 is 74.1 Å². The largest absolute Gasteiger partial charge is 0.385 e. The smallest absolute Gasteiger partial charge is 0.333 e. The number of thiophene rings is 1. The van der Waals surface area contributed by atoms with Gasteiger partial charge in [-0.3, -0.25) is 9.59 Å². The summed E-state index contributed by atoms with van der Waals surface area (Å²) in [6.45, 7) is 0.848. The number of amides is 4. The van der Waals surface area contributed by atoms with Crippen molar-refractivity contribution < 1.29 is 22.8 Å². The highest BCUT2D eigenvalue weighted by Crippen LogP contribution is 2.30. The summed E-state index contributed by atoms with van der Waals surface area (Å²) in [4.78, 5) is 37.9. The molecule has 194 valence electrons. The second kappa shape index (κ2) is 11.2. The molecule has 4 amide bonds. The van der Waals surface area contributed by atoms with Crippen molar-refractivity contribution in [1.82, 2.24) is 4.72 Å². The first-order valence-corrected chi connectivity index (χ1v) is 13.9. The van der Waals surface area contributed by atoms with Gasteiger partial charge in [0.1, 0.15) is 4.21 Å². The van der Waals surface area contributed by atoms with Crippen molar-refractivity contribution in [3.63, 3.8) is 0 Å². The van der Waals surface area contributed by atoms with Crippen LogP contribution >= 0.6 is 22.9 Å². The molecule has 1 aliphatic carbocycles. The van der Waals surface area contributed by atoms with Gasteiger partial charge in [0.15, 0.2) is 0 Å². The number of urea groups is 1. The van der Waals surface area contributed by atoms with Crippen molar-refractivity contribution in [2.45, 2.75) is 17.1 Å². The van der Waals surface area contributed by atoms with E-state index >= 15 is 0 Å². The van der Waals surface area contributed by atoms with Crippen molar-refractivity contribution in [3.8, 4) is 0 Å². The third kappa shape index (κ3) is 6.79. The summed E-state index contributed by atoms with van der Waals surface area (Å²) in [6.07, 6.45) is 2.93. The number of halogens is 1. The molecule has 0 aliphatic heterocycles. The molecule has 4 rings (SSSR count). The Kier molecular flexibility index (Phi) is 8.00. The third-order valence-corrected chi connectivity index (χ3v) is 8.67. The molecule has 1 aromatic heterocycles. The van der Waals surface area contributed by atoms with Crippen LogP contribution in [0.2, 0.25) is 4.34 Å². The number of carbonyl (C=O) groups excluding carboxylic acids is 3. The van der Waals surface area contributed by atoms with Gasteiger partial charge in [-0.2, -0.15) is 0 Å². The lowest BCUT2D eigenvalue weighted by Gasteiger charge is -2.20. The van der Waals surface area contributed by atoms with E-state index in [1.54, 1.807) is 37.4 Å². The number of rotatable bonds is 10. The van der Waals surface area contributed by atoms with Gasteiger partial charge in [-0.25, -0.2) is 17.9 Å². The Hall–Kier alpha value is -3.61. The fourth-order valence-corrected chi connectivity index (χ4v) is 5.84. The highest BCUT2D eigenvalue weighted by atomic mass is 35.5. The molecule has 2 aromatic carbocycles. The van der Waals surface area contributed by atoms with E-state index in [-0.39, 0.29) is 14.5 Å². The summed E-state index contributed by atoms with van der Waals surface area (Å²) in [5.74, 6) is 0.320. The van der Waals surface area contributed by atoms with E-state index < -0.39 is 16.1 Å². The van der Waals surface area contributed by atoms with Crippen LogP contribution in [0.5, 0.6) is 0 Å². The Morgan fingerprint density at radius 2 is 1.78 bits per heavy atom. The second-order valence-electron chi connectivity index (χ2n) is 8.38. The second-order valence-corrected chi connectivity index (χ2v) is 12.0. The van der Waals surface area contributed by atoms with Crippen LogP contribution in [0.25, 0.3) is 0 Å². The van der Waals surface area contributed by atoms with Crippen LogP contribution in [0.1, 0.15) is 23.2 Å². The number of benzene rings is 2. The van der Waals surface area contributed by atoms with E-state index in [9.17, 15) is 22.8 Å². The van der Waals surface area contributed by atoms with Crippen LogP contribution in [0, 0.1) is 5.92 Å². The molecule has 0 atom stereocenters. The van der Waals surface area contributed by atoms with Gasteiger partial charge < -0.3 is 20.9 Å². The van der Waals surface area contributed by atoms with Gasteiger partial charge >= 0.3 is 6.03 Å². The Morgan fingerprint density at radius 1 is 1.08 bits per heavy atom. The average Bonchev–Trinajstić information content (AvgIpc) is 3.59. The van der Waals surface area contributed by atoms with Crippen molar-refractivity contribution in [3.05, 3.63) is 64.5 Å². The molecule has 0 bridgehead atoms. The Labute approximate surface area is 223 Å². The van der Waals surface area contributed by atoms with Gasteiger partial charge in [0.05, 0.1) is 15.6 Å².